The molecule has 1 N–H and O–H groups in total. The molecule has 1 aromatic heterocycles. The molecule has 0 saturated carbocycles. The minimum atomic E-state index is -0.205. The molecule has 0 spiro atoms. The summed E-state index contributed by atoms with van der Waals surface area (Å²) in [6.07, 6.45) is 2.39. The van der Waals surface area contributed by atoms with Crippen molar-refractivity contribution in [3.8, 4) is 5.75 Å². The number of piperidine rings is 1. The second-order valence-corrected chi connectivity index (χ2v) is 6.42. The van der Waals surface area contributed by atoms with Crippen LogP contribution >= 0.6 is 0 Å². The Morgan fingerprint density at radius 1 is 1.36 bits per heavy atom. The molecule has 1 aromatic carbocycles. The van der Waals surface area contributed by atoms with Gasteiger partial charge in [0.05, 0.1) is 10.9 Å². The topological polar surface area (TPSA) is 87.8 Å². The van der Waals surface area contributed by atoms with Gasteiger partial charge in [-0.3, -0.25) is 14.4 Å². The summed E-state index contributed by atoms with van der Waals surface area (Å²) in [4.78, 5) is 37.6. The molecule has 3 rings (SSSR count). The van der Waals surface area contributed by atoms with Gasteiger partial charge >= 0.3 is 0 Å². The molecule has 6 heteroatoms. The fourth-order valence-corrected chi connectivity index (χ4v) is 3.50. The summed E-state index contributed by atoms with van der Waals surface area (Å²) in [5.41, 5.74) is 0.462. The highest BCUT2D eigenvalue weighted by molar-refractivity contribution is 5.97. The maximum atomic E-state index is 12.7. The summed E-state index contributed by atoms with van der Waals surface area (Å²) in [6, 6.07) is 2.81. The monoisotopic (exact) mass is 343 g/mol. The van der Waals surface area contributed by atoms with Crippen molar-refractivity contribution < 1.29 is 19.1 Å². The Hall–Kier alpha value is -2.63. The zero-order chi connectivity index (χ0) is 18.1. The minimum Gasteiger partial charge on any atom is -0.507 e. The number of fused-ring (bicyclic) bond motifs is 1. The van der Waals surface area contributed by atoms with Gasteiger partial charge in [-0.2, -0.15) is 0 Å². The van der Waals surface area contributed by atoms with Crippen LogP contribution in [0.1, 0.15) is 53.8 Å². The zero-order valence-electron chi connectivity index (χ0n) is 14.4. The number of likely N-dealkylation sites (tertiary alicyclic amines) is 1. The maximum Gasteiger partial charge on any atom is 0.222 e. The van der Waals surface area contributed by atoms with Gasteiger partial charge in [-0.05, 0) is 31.9 Å². The number of aromatic hydroxyl groups is 1. The summed E-state index contributed by atoms with van der Waals surface area (Å²) in [7, 11) is 0. The molecule has 1 amide bonds. The molecule has 1 aliphatic heterocycles. The predicted octanol–water partition coefficient (Wildman–Crippen LogP) is 2.74. The van der Waals surface area contributed by atoms with Crippen LogP contribution in [-0.4, -0.2) is 35.3 Å². The lowest BCUT2D eigenvalue weighted by Gasteiger charge is -2.31. The van der Waals surface area contributed by atoms with Gasteiger partial charge in [0.25, 0.3) is 0 Å². The van der Waals surface area contributed by atoms with Crippen molar-refractivity contribution >= 4 is 23.2 Å². The first-order chi connectivity index (χ1) is 12.0. The van der Waals surface area contributed by atoms with Gasteiger partial charge in [0.2, 0.25) is 5.91 Å². The highest BCUT2D eigenvalue weighted by atomic mass is 16.3. The Bertz CT molecular complexity index is 891. The van der Waals surface area contributed by atoms with Crippen LogP contribution in [0.25, 0.3) is 11.0 Å². The van der Waals surface area contributed by atoms with Gasteiger partial charge in [-0.15, -0.1) is 0 Å². The number of benzene rings is 1. The van der Waals surface area contributed by atoms with Gasteiger partial charge in [-0.1, -0.05) is 6.92 Å². The zero-order valence-corrected chi connectivity index (χ0v) is 14.4. The third kappa shape index (κ3) is 2.92. The molecule has 6 nitrogen and oxygen atoms in total. The summed E-state index contributed by atoms with van der Waals surface area (Å²) < 4.78 is 5.94. The number of amides is 1. The molecule has 0 aliphatic carbocycles. The second-order valence-electron chi connectivity index (χ2n) is 6.42. The van der Waals surface area contributed by atoms with Crippen LogP contribution in [0.2, 0.25) is 0 Å². The van der Waals surface area contributed by atoms with Gasteiger partial charge in [0.1, 0.15) is 11.5 Å². The highest BCUT2D eigenvalue weighted by Crippen LogP contribution is 2.33. The number of rotatable bonds is 3. The van der Waals surface area contributed by atoms with E-state index in [1.165, 1.54) is 12.1 Å². The van der Waals surface area contributed by atoms with Crippen LogP contribution in [-0.2, 0) is 4.79 Å². The third-order valence-electron chi connectivity index (χ3n) is 4.98. The second kappa shape index (κ2) is 6.70. The Morgan fingerprint density at radius 2 is 2.04 bits per heavy atom. The standard InChI is InChI=1S/C19H21NO5/c1-3-16(23)20-8-6-12(7-9-20)18-11(2)17(24)13-4-5-15(22)14(10-21)19(13)25-18/h4-5,10,12,22H,3,6-9H2,1-2H3. The van der Waals surface area contributed by atoms with E-state index in [-0.39, 0.29) is 34.1 Å². The molecule has 25 heavy (non-hydrogen) atoms. The van der Waals surface area contributed by atoms with Crippen molar-refractivity contribution in [2.75, 3.05) is 13.1 Å². The van der Waals surface area contributed by atoms with E-state index in [0.717, 1.165) is 0 Å². The van der Waals surface area contributed by atoms with E-state index < -0.39 is 0 Å². The first kappa shape index (κ1) is 17.2. The molecule has 0 unspecified atom stereocenters. The third-order valence-corrected chi connectivity index (χ3v) is 4.98. The van der Waals surface area contributed by atoms with Crippen molar-refractivity contribution in [2.45, 2.75) is 39.0 Å². The predicted molar refractivity (Wildman–Crippen MR) is 93.1 cm³/mol. The number of phenolic OH excluding ortho intramolecular Hbond substituents is 1. The fraction of sp³-hybridized carbons (Fsp3) is 0.421. The smallest absolute Gasteiger partial charge is 0.222 e. The van der Waals surface area contributed by atoms with E-state index in [1.807, 2.05) is 11.8 Å². The number of aldehydes is 1. The lowest BCUT2D eigenvalue weighted by atomic mass is 9.91. The van der Waals surface area contributed by atoms with E-state index in [0.29, 0.717) is 55.3 Å². The highest BCUT2D eigenvalue weighted by Gasteiger charge is 2.27. The lowest BCUT2D eigenvalue weighted by Crippen LogP contribution is -2.37. The van der Waals surface area contributed by atoms with Crippen molar-refractivity contribution in [1.82, 2.24) is 4.90 Å². The first-order valence-corrected chi connectivity index (χ1v) is 8.50. The van der Waals surface area contributed by atoms with Crippen LogP contribution < -0.4 is 5.43 Å². The number of nitrogens with zero attached hydrogens (tertiary/aromatic N) is 1. The number of carbonyl (C=O) groups is 2. The quantitative estimate of drug-likeness (QED) is 0.866. The molecule has 132 valence electrons. The Morgan fingerprint density at radius 3 is 2.64 bits per heavy atom. The van der Waals surface area contributed by atoms with Crippen LogP contribution in [0.3, 0.4) is 0 Å². The molecule has 1 fully saturated rings. The van der Waals surface area contributed by atoms with E-state index in [1.54, 1.807) is 6.92 Å². The van der Waals surface area contributed by atoms with Crippen molar-refractivity contribution in [3.05, 3.63) is 39.2 Å². The number of carbonyl (C=O) groups excluding carboxylic acids is 2. The van der Waals surface area contributed by atoms with Crippen LogP contribution in [0.4, 0.5) is 0 Å². The van der Waals surface area contributed by atoms with Gasteiger partial charge in [0.15, 0.2) is 17.3 Å². The average molecular weight is 343 g/mol. The van der Waals surface area contributed by atoms with E-state index in [9.17, 15) is 19.5 Å². The van der Waals surface area contributed by atoms with E-state index in [2.05, 4.69) is 0 Å². The van der Waals surface area contributed by atoms with Crippen molar-refractivity contribution in [2.24, 2.45) is 0 Å². The summed E-state index contributed by atoms with van der Waals surface area (Å²) in [5.74, 6) is 0.488. The Balaban J connectivity index is 2.03. The summed E-state index contributed by atoms with van der Waals surface area (Å²) in [5, 5.41) is 10.1. The van der Waals surface area contributed by atoms with E-state index in [4.69, 9.17) is 4.42 Å². The molecular formula is C19H21NO5. The number of hydrogen-bond donors (Lipinski definition) is 1. The largest absolute Gasteiger partial charge is 0.507 e. The van der Waals surface area contributed by atoms with E-state index >= 15 is 0 Å². The van der Waals surface area contributed by atoms with Gasteiger partial charge in [-0.25, -0.2) is 0 Å². The number of hydrogen-bond acceptors (Lipinski definition) is 5. The normalized spacial score (nSPS) is 15.5. The SMILES string of the molecule is CCC(=O)N1CCC(c2oc3c(C=O)c(O)ccc3c(=O)c2C)CC1. The molecule has 2 heterocycles. The van der Waals surface area contributed by atoms with Crippen LogP contribution in [0, 0.1) is 6.92 Å². The fourth-order valence-electron chi connectivity index (χ4n) is 3.50. The molecule has 2 aromatic rings. The minimum absolute atomic E-state index is 0.00514. The van der Waals surface area contributed by atoms with Crippen molar-refractivity contribution in [3.63, 3.8) is 0 Å². The molecule has 1 saturated heterocycles. The average Bonchev–Trinajstić information content (AvgIpc) is 2.64. The molecule has 1 aliphatic rings. The maximum absolute atomic E-state index is 12.7. The Kier molecular flexibility index (Phi) is 4.61. The van der Waals surface area contributed by atoms with Gasteiger partial charge in [0, 0.05) is 31.0 Å². The van der Waals surface area contributed by atoms with Crippen LogP contribution in [0.15, 0.2) is 21.3 Å². The molecule has 0 radical (unpaired) electrons. The molecular weight excluding hydrogens is 322 g/mol. The summed E-state index contributed by atoms with van der Waals surface area (Å²) >= 11 is 0. The molecule has 0 atom stereocenters. The Labute approximate surface area is 145 Å². The molecule has 0 bridgehead atoms. The van der Waals surface area contributed by atoms with Crippen molar-refractivity contribution in [1.29, 1.82) is 0 Å². The van der Waals surface area contributed by atoms with Crippen LogP contribution in [0.5, 0.6) is 5.75 Å². The number of phenols is 1. The lowest BCUT2D eigenvalue weighted by molar-refractivity contribution is -0.131. The summed E-state index contributed by atoms with van der Waals surface area (Å²) in [6.45, 7) is 4.81. The van der Waals surface area contributed by atoms with Gasteiger partial charge < -0.3 is 14.4 Å². The first-order valence-electron chi connectivity index (χ1n) is 8.50.